The molecule has 0 saturated heterocycles. The second kappa shape index (κ2) is 22.5. The Balaban J connectivity index is 3.29. The monoisotopic (exact) mass is 393 g/mol. The van der Waals surface area contributed by atoms with Crippen LogP contribution < -0.4 is 5.73 Å². The van der Waals surface area contributed by atoms with Gasteiger partial charge >= 0.3 is 0 Å². The van der Waals surface area contributed by atoms with Gasteiger partial charge in [0, 0.05) is 0 Å². The zero-order chi connectivity index (χ0) is 20.7. The molecule has 28 heavy (non-hydrogen) atoms. The molecule has 1 unspecified atom stereocenters. The summed E-state index contributed by atoms with van der Waals surface area (Å²) in [5.41, 5.74) is 5.50. The van der Waals surface area contributed by atoms with E-state index in [-0.39, 0.29) is 11.8 Å². The molecule has 0 aliphatic carbocycles. The summed E-state index contributed by atoms with van der Waals surface area (Å²) in [6, 6.07) is 0. The third-order valence-corrected chi connectivity index (χ3v) is 5.81. The van der Waals surface area contributed by atoms with E-state index in [9.17, 15) is 4.79 Å². The first-order chi connectivity index (χ1) is 13.7. The van der Waals surface area contributed by atoms with Gasteiger partial charge in [-0.15, -0.1) is 0 Å². The summed E-state index contributed by atoms with van der Waals surface area (Å²) in [6.07, 6.45) is 30.8. The Morgan fingerprint density at radius 3 is 1.39 bits per heavy atom. The molecule has 0 aromatic rings. The van der Waals surface area contributed by atoms with Crippen LogP contribution in [0.5, 0.6) is 0 Å². The van der Waals surface area contributed by atoms with Crippen LogP contribution in [0.2, 0.25) is 0 Å². The van der Waals surface area contributed by atoms with Crippen LogP contribution in [0.3, 0.4) is 0 Å². The average molecular weight is 394 g/mol. The summed E-state index contributed by atoms with van der Waals surface area (Å²) in [7, 11) is 0. The number of primary amides is 1. The Bertz CT molecular complexity index is 350. The molecule has 166 valence electrons. The molecule has 0 aromatic heterocycles. The molecular weight excluding hydrogens is 342 g/mol. The van der Waals surface area contributed by atoms with Gasteiger partial charge in [0.25, 0.3) is 0 Å². The highest BCUT2D eigenvalue weighted by molar-refractivity contribution is 5.78. The maximum Gasteiger partial charge on any atom is 0.224 e. The fourth-order valence-corrected chi connectivity index (χ4v) is 3.85. The van der Waals surface area contributed by atoms with Gasteiger partial charge in [0.2, 0.25) is 5.91 Å². The van der Waals surface area contributed by atoms with E-state index in [2.05, 4.69) is 19.9 Å². The van der Waals surface area contributed by atoms with Gasteiger partial charge < -0.3 is 5.73 Å². The second-order valence-electron chi connectivity index (χ2n) is 8.67. The van der Waals surface area contributed by atoms with E-state index >= 15 is 0 Å². The lowest BCUT2D eigenvalue weighted by atomic mass is 9.98. The van der Waals surface area contributed by atoms with Gasteiger partial charge in [-0.2, -0.15) is 0 Å². The van der Waals surface area contributed by atoms with Crippen LogP contribution in [0, 0.1) is 5.92 Å². The third-order valence-electron chi connectivity index (χ3n) is 5.81. The van der Waals surface area contributed by atoms with Gasteiger partial charge in [0.05, 0.1) is 5.92 Å². The minimum Gasteiger partial charge on any atom is -0.369 e. The van der Waals surface area contributed by atoms with Crippen molar-refractivity contribution in [2.75, 3.05) is 0 Å². The van der Waals surface area contributed by atoms with E-state index in [1.54, 1.807) is 0 Å². The maximum absolute atomic E-state index is 11.5. The van der Waals surface area contributed by atoms with Gasteiger partial charge in [-0.3, -0.25) is 4.79 Å². The number of unbranched alkanes of at least 4 members (excludes halogenated alkanes) is 17. The molecule has 0 aromatic carbocycles. The van der Waals surface area contributed by atoms with Gasteiger partial charge in [-0.25, -0.2) is 0 Å². The molecular formula is C26H51NO. The summed E-state index contributed by atoms with van der Waals surface area (Å²) < 4.78 is 0. The largest absolute Gasteiger partial charge is 0.369 e. The standard InChI is InChI=1S/C26H51NO/c1-3-5-7-8-9-10-11-12-13-14-15-16-17-18-19-20-22-24-25(26(27)28)23-21-6-4-2/h21,23,25H,3-20,22,24H2,1-2H3,(H2,27,28). The maximum atomic E-state index is 11.5. The molecule has 0 aliphatic heterocycles. The quantitative estimate of drug-likeness (QED) is 0.145. The van der Waals surface area contributed by atoms with Crippen molar-refractivity contribution < 1.29 is 4.79 Å². The normalized spacial score (nSPS) is 12.6. The summed E-state index contributed by atoms with van der Waals surface area (Å²) in [6.45, 7) is 4.44. The first-order valence-electron chi connectivity index (χ1n) is 12.7. The van der Waals surface area contributed by atoms with Crippen LogP contribution in [0.25, 0.3) is 0 Å². The molecule has 2 N–H and O–H groups in total. The van der Waals surface area contributed by atoms with Crippen LogP contribution in [0.1, 0.15) is 142 Å². The number of hydrogen-bond donors (Lipinski definition) is 1. The molecule has 0 aliphatic rings. The molecule has 0 heterocycles. The van der Waals surface area contributed by atoms with Gasteiger partial charge in [0.15, 0.2) is 0 Å². The highest BCUT2D eigenvalue weighted by atomic mass is 16.1. The fourth-order valence-electron chi connectivity index (χ4n) is 3.85. The van der Waals surface area contributed by atoms with Crippen molar-refractivity contribution in [1.29, 1.82) is 0 Å². The van der Waals surface area contributed by atoms with Gasteiger partial charge in [0.1, 0.15) is 0 Å². The lowest BCUT2D eigenvalue weighted by Gasteiger charge is -2.08. The third kappa shape index (κ3) is 20.0. The van der Waals surface area contributed by atoms with Crippen molar-refractivity contribution in [3.05, 3.63) is 12.2 Å². The Labute approximate surface area is 177 Å². The summed E-state index contributed by atoms with van der Waals surface area (Å²) >= 11 is 0. The van der Waals surface area contributed by atoms with E-state index in [1.165, 1.54) is 103 Å². The van der Waals surface area contributed by atoms with E-state index in [0.717, 1.165) is 25.7 Å². The Morgan fingerprint density at radius 1 is 0.643 bits per heavy atom. The van der Waals surface area contributed by atoms with E-state index in [4.69, 9.17) is 5.73 Å². The summed E-state index contributed by atoms with van der Waals surface area (Å²) in [4.78, 5) is 11.5. The first-order valence-corrected chi connectivity index (χ1v) is 12.7. The minimum absolute atomic E-state index is 0.0529. The molecule has 2 nitrogen and oxygen atoms in total. The number of carbonyl (C=O) groups excluding carboxylic acids is 1. The van der Waals surface area contributed by atoms with E-state index in [0.29, 0.717) is 0 Å². The molecule has 0 spiro atoms. The molecule has 0 fully saturated rings. The van der Waals surface area contributed by atoms with Crippen LogP contribution >= 0.6 is 0 Å². The number of allylic oxidation sites excluding steroid dienone is 1. The highest BCUT2D eigenvalue weighted by Gasteiger charge is 2.10. The summed E-state index contributed by atoms with van der Waals surface area (Å²) in [5.74, 6) is -0.216. The number of rotatable bonds is 22. The number of carbonyl (C=O) groups is 1. The number of hydrogen-bond acceptors (Lipinski definition) is 1. The Hall–Kier alpha value is -0.790. The first kappa shape index (κ1) is 27.2. The predicted molar refractivity (Wildman–Crippen MR) is 126 cm³/mol. The second-order valence-corrected chi connectivity index (χ2v) is 8.67. The van der Waals surface area contributed by atoms with Crippen LogP contribution in [-0.2, 0) is 4.79 Å². The average Bonchev–Trinajstić information content (AvgIpc) is 2.68. The molecule has 2 heteroatoms. The topological polar surface area (TPSA) is 43.1 Å². The Kier molecular flexibility index (Phi) is 21.9. The molecule has 1 amide bonds. The van der Waals surface area contributed by atoms with Crippen molar-refractivity contribution >= 4 is 5.91 Å². The number of nitrogens with two attached hydrogens (primary N) is 1. The summed E-state index contributed by atoms with van der Waals surface area (Å²) in [5, 5.41) is 0. The molecule has 0 rings (SSSR count). The zero-order valence-corrected chi connectivity index (χ0v) is 19.4. The SMILES string of the molecule is CCCC=CC(CCCCCCCCCCCCCCCCCCC)C(N)=O. The number of amides is 1. The van der Waals surface area contributed by atoms with Crippen molar-refractivity contribution in [3.8, 4) is 0 Å². The van der Waals surface area contributed by atoms with Crippen LogP contribution in [-0.4, -0.2) is 5.91 Å². The molecule has 1 atom stereocenters. The van der Waals surface area contributed by atoms with Gasteiger partial charge in [-0.1, -0.05) is 142 Å². The van der Waals surface area contributed by atoms with Crippen LogP contribution in [0.15, 0.2) is 12.2 Å². The highest BCUT2D eigenvalue weighted by Crippen LogP contribution is 2.16. The lowest BCUT2D eigenvalue weighted by Crippen LogP contribution is -2.21. The van der Waals surface area contributed by atoms with Crippen LogP contribution in [0.4, 0.5) is 0 Å². The van der Waals surface area contributed by atoms with Gasteiger partial charge in [-0.05, 0) is 12.8 Å². The molecule has 0 bridgehead atoms. The predicted octanol–water partition coefficient (Wildman–Crippen LogP) is 8.49. The van der Waals surface area contributed by atoms with E-state index < -0.39 is 0 Å². The van der Waals surface area contributed by atoms with Crippen molar-refractivity contribution in [3.63, 3.8) is 0 Å². The lowest BCUT2D eigenvalue weighted by molar-refractivity contribution is -0.120. The van der Waals surface area contributed by atoms with Crippen molar-refractivity contribution in [2.24, 2.45) is 11.7 Å². The Morgan fingerprint density at radius 2 is 1.04 bits per heavy atom. The molecule has 0 saturated carbocycles. The zero-order valence-electron chi connectivity index (χ0n) is 19.4. The van der Waals surface area contributed by atoms with E-state index in [1.807, 2.05) is 6.08 Å². The molecule has 0 radical (unpaired) electrons. The fraction of sp³-hybridized carbons (Fsp3) is 0.885. The van der Waals surface area contributed by atoms with Crippen molar-refractivity contribution in [1.82, 2.24) is 0 Å². The minimum atomic E-state index is -0.163. The smallest absolute Gasteiger partial charge is 0.224 e. The van der Waals surface area contributed by atoms with Crippen molar-refractivity contribution in [2.45, 2.75) is 142 Å².